The fraction of sp³-hybridized carbons (Fsp3) is 0.292. The number of aliphatic carboxylic acids is 1. The molecule has 0 aliphatic carbocycles. The van der Waals surface area contributed by atoms with E-state index in [0.717, 1.165) is 4.90 Å². The summed E-state index contributed by atoms with van der Waals surface area (Å²) < 4.78 is 5.32. The Bertz CT molecular complexity index is 1120. The smallest absolute Gasteiger partial charge is 0.323 e. The number of hydrogen-bond donors (Lipinski definition) is 2. The van der Waals surface area contributed by atoms with Gasteiger partial charge in [0.2, 0.25) is 5.91 Å². The number of carbonyl (C=O) groups is 3. The minimum atomic E-state index is -1.18. The van der Waals surface area contributed by atoms with Crippen LogP contribution in [0.1, 0.15) is 31.9 Å². The molecule has 2 aromatic carbocycles. The van der Waals surface area contributed by atoms with E-state index in [0.29, 0.717) is 32.4 Å². The van der Waals surface area contributed by atoms with Crippen molar-refractivity contribution in [3.8, 4) is 0 Å². The second-order valence-corrected chi connectivity index (χ2v) is 9.33. The molecule has 1 amide bonds. The highest BCUT2D eigenvalue weighted by Crippen LogP contribution is 2.39. The molecule has 3 rings (SSSR count). The lowest BCUT2D eigenvalue weighted by atomic mass is 9.95. The molecular formula is C24H24Cl2N2O5. The summed E-state index contributed by atoms with van der Waals surface area (Å²) in [5, 5.41) is 13.2. The second kappa shape index (κ2) is 9.95. The molecule has 1 atom stereocenters. The lowest BCUT2D eigenvalue weighted by Crippen LogP contribution is -2.48. The number of fused-ring (bicyclic) bond motifs is 1. The monoisotopic (exact) mass is 490 g/mol. The van der Waals surface area contributed by atoms with Crippen LogP contribution in [-0.2, 0) is 19.1 Å². The maximum atomic E-state index is 13.4. The number of ether oxygens (including phenoxy) is 1. The third-order valence-corrected chi connectivity index (χ3v) is 5.31. The van der Waals surface area contributed by atoms with Crippen molar-refractivity contribution in [2.24, 2.45) is 0 Å². The van der Waals surface area contributed by atoms with Crippen LogP contribution in [0.3, 0.4) is 0 Å². The number of carboxylic acid groups (broad SMARTS) is 1. The maximum Gasteiger partial charge on any atom is 0.323 e. The van der Waals surface area contributed by atoms with Crippen molar-refractivity contribution in [2.45, 2.75) is 32.4 Å². The number of esters is 1. The topological polar surface area (TPSA) is 95.9 Å². The van der Waals surface area contributed by atoms with E-state index < -0.39 is 36.0 Å². The molecule has 1 unspecified atom stereocenters. The van der Waals surface area contributed by atoms with Crippen LogP contribution in [0.5, 0.6) is 0 Å². The van der Waals surface area contributed by atoms with Gasteiger partial charge in [-0.1, -0.05) is 41.4 Å². The van der Waals surface area contributed by atoms with Gasteiger partial charge in [0, 0.05) is 21.2 Å². The molecule has 0 saturated carbocycles. The van der Waals surface area contributed by atoms with Gasteiger partial charge >= 0.3 is 11.9 Å². The SMILES string of the molecule is CC(C)(C)OC(=O)CNC1C=C(c2ccccc2Cl)c2cc(Cl)ccc2N(CC(=O)O)C1=O. The van der Waals surface area contributed by atoms with Gasteiger partial charge < -0.3 is 9.84 Å². The van der Waals surface area contributed by atoms with Crippen LogP contribution in [0, 0.1) is 0 Å². The van der Waals surface area contributed by atoms with Crippen LogP contribution in [-0.4, -0.2) is 47.7 Å². The fourth-order valence-corrected chi connectivity index (χ4v) is 3.91. The Hall–Kier alpha value is -2.87. The van der Waals surface area contributed by atoms with Crippen LogP contribution >= 0.6 is 23.2 Å². The molecule has 0 radical (unpaired) electrons. The van der Waals surface area contributed by atoms with Crippen molar-refractivity contribution in [3.63, 3.8) is 0 Å². The van der Waals surface area contributed by atoms with Crippen molar-refractivity contribution in [2.75, 3.05) is 18.0 Å². The number of nitrogens with zero attached hydrogens (tertiary/aromatic N) is 1. The Labute approximate surface area is 201 Å². The Morgan fingerprint density at radius 3 is 2.45 bits per heavy atom. The lowest BCUT2D eigenvalue weighted by Gasteiger charge is -2.25. The van der Waals surface area contributed by atoms with Crippen molar-refractivity contribution in [1.29, 1.82) is 0 Å². The molecule has 9 heteroatoms. The third kappa shape index (κ3) is 6.13. The molecular weight excluding hydrogens is 467 g/mol. The van der Waals surface area contributed by atoms with Gasteiger partial charge in [-0.25, -0.2) is 0 Å². The number of halogens is 2. The first kappa shape index (κ1) is 24.8. The summed E-state index contributed by atoms with van der Waals surface area (Å²) in [6, 6.07) is 10.9. The Morgan fingerprint density at radius 2 is 1.82 bits per heavy atom. The van der Waals surface area contributed by atoms with E-state index in [1.165, 1.54) is 0 Å². The van der Waals surface area contributed by atoms with Crippen LogP contribution in [0.4, 0.5) is 5.69 Å². The summed E-state index contributed by atoms with van der Waals surface area (Å²) in [5.74, 6) is -2.26. The van der Waals surface area contributed by atoms with Crippen molar-refractivity contribution < 1.29 is 24.2 Å². The number of amides is 1. The average molecular weight is 491 g/mol. The van der Waals surface area contributed by atoms with Gasteiger partial charge in [0.05, 0.1) is 12.2 Å². The molecule has 33 heavy (non-hydrogen) atoms. The minimum absolute atomic E-state index is 0.252. The van der Waals surface area contributed by atoms with Crippen LogP contribution in [0.2, 0.25) is 10.0 Å². The minimum Gasteiger partial charge on any atom is -0.480 e. The number of benzene rings is 2. The first-order valence-corrected chi connectivity index (χ1v) is 11.0. The predicted octanol–water partition coefficient (Wildman–Crippen LogP) is 4.16. The molecule has 1 aliphatic rings. The standard InChI is InChI=1S/C24H24Cl2N2O5/c1-24(2,3)33-22(31)12-27-19-11-16(15-6-4-5-7-18(15)26)17-10-14(25)8-9-20(17)28(23(19)32)13-21(29)30/h4-11,19,27H,12-13H2,1-3H3,(H,29,30). The molecule has 2 aromatic rings. The van der Waals surface area contributed by atoms with Gasteiger partial charge in [0.1, 0.15) is 18.2 Å². The second-order valence-electron chi connectivity index (χ2n) is 8.48. The fourth-order valence-electron chi connectivity index (χ4n) is 3.50. The number of anilines is 1. The molecule has 1 aliphatic heterocycles. The molecule has 2 N–H and O–H groups in total. The highest BCUT2D eigenvalue weighted by atomic mass is 35.5. The van der Waals surface area contributed by atoms with E-state index in [2.05, 4.69) is 5.32 Å². The first-order chi connectivity index (χ1) is 15.5. The normalized spacial score (nSPS) is 16.0. The zero-order valence-corrected chi connectivity index (χ0v) is 19.9. The number of carboxylic acids is 1. The maximum absolute atomic E-state index is 13.4. The van der Waals surface area contributed by atoms with Gasteiger partial charge in [0.15, 0.2) is 0 Å². The largest absolute Gasteiger partial charge is 0.480 e. The summed E-state index contributed by atoms with van der Waals surface area (Å²) in [4.78, 5) is 38.4. The summed E-state index contributed by atoms with van der Waals surface area (Å²) in [7, 11) is 0. The Morgan fingerprint density at radius 1 is 1.12 bits per heavy atom. The molecule has 174 valence electrons. The average Bonchev–Trinajstić information content (AvgIpc) is 2.81. The number of carbonyl (C=O) groups excluding carboxylic acids is 2. The van der Waals surface area contributed by atoms with Crippen molar-refractivity contribution in [1.82, 2.24) is 5.32 Å². The molecule has 1 heterocycles. The summed E-state index contributed by atoms with van der Waals surface area (Å²) in [6.07, 6.45) is 1.63. The third-order valence-electron chi connectivity index (χ3n) is 4.75. The zero-order valence-electron chi connectivity index (χ0n) is 18.4. The van der Waals surface area contributed by atoms with Crippen LogP contribution in [0.15, 0.2) is 48.5 Å². The quantitative estimate of drug-likeness (QED) is 0.590. The lowest BCUT2D eigenvalue weighted by molar-refractivity contribution is -0.153. The predicted molar refractivity (Wildman–Crippen MR) is 128 cm³/mol. The van der Waals surface area contributed by atoms with E-state index >= 15 is 0 Å². The zero-order chi connectivity index (χ0) is 24.3. The van der Waals surface area contributed by atoms with Gasteiger partial charge in [-0.3, -0.25) is 24.6 Å². The van der Waals surface area contributed by atoms with Crippen molar-refractivity contribution in [3.05, 3.63) is 69.7 Å². The van der Waals surface area contributed by atoms with E-state index in [9.17, 15) is 19.5 Å². The van der Waals surface area contributed by atoms with E-state index in [1.807, 2.05) is 0 Å². The number of nitrogens with one attached hydrogen (secondary N) is 1. The Balaban J connectivity index is 2.11. The Kier molecular flexibility index (Phi) is 7.47. The molecule has 0 saturated heterocycles. The van der Waals surface area contributed by atoms with Crippen LogP contribution < -0.4 is 10.2 Å². The summed E-state index contributed by atoms with van der Waals surface area (Å²) >= 11 is 12.7. The number of hydrogen-bond acceptors (Lipinski definition) is 5. The highest BCUT2D eigenvalue weighted by molar-refractivity contribution is 6.33. The molecule has 0 spiro atoms. The van der Waals surface area contributed by atoms with E-state index in [1.54, 1.807) is 69.3 Å². The van der Waals surface area contributed by atoms with Crippen LogP contribution in [0.25, 0.3) is 5.57 Å². The summed E-state index contributed by atoms with van der Waals surface area (Å²) in [6.45, 7) is 4.41. The molecule has 0 aromatic heterocycles. The van der Waals surface area contributed by atoms with Gasteiger partial charge in [0.25, 0.3) is 0 Å². The van der Waals surface area contributed by atoms with Gasteiger partial charge in [-0.2, -0.15) is 0 Å². The molecule has 7 nitrogen and oxygen atoms in total. The molecule has 0 bridgehead atoms. The van der Waals surface area contributed by atoms with Gasteiger partial charge in [-0.05, 0) is 56.7 Å². The highest BCUT2D eigenvalue weighted by Gasteiger charge is 2.33. The van der Waals surface area contributed by atoms with E-state index in [-0.39, 0.29) is 6.54 Å². The summed E-state index contributed by atoms with van der Waals surface area (Å²) in [5.41, 5.74) is 1.46. The van der Waals surface area contributed by atoms with Gasteiger partial charge in [-0.15, -0.1) is 0 Å². The van der Waals surface area contributed by atoms with Crippen molar-refractivity contribution >= 4 is 52.3 Å². The first-order valence-electron chi connectivity index (χ1n) is 10.2. The molecule has 0 fully saturated rings. The number of rotatable bonds is 6. The van der Waals surface area contributed by atoms with E-state index in [4.69, 9.17) is 27.9 Å².